The normalized spacial score (nSPS) is 15.0. The summed E-state index contributed by atoms with van der Waals surface area (Å²) in [6, 6.07) is 9.51. The van der Waals surface area contributed by atoms with Gasteiger partial charge in [0, 0.05) is 19.5 Å². The predicted octanol–water partition coefficient (Wildman–Crippen LogP) is 3.35. The molecular weight excluding hydrogens is 386 g/mol. The minimum absolute atomic E-state index is 0.0275. The lowest BCUT2D eigenvalue weighted by molar-refractivity contribution is 0.0494. The van der Waals surface area contributed by atoms with Crippen LogP contribution in [0.2, 0.25) is 0 Å². The van der Waals surface area contributed by atoms with Gasteiger partial charge in [0.05, 0.1) is 21.9 Å². The van der Waals surface area contributed by atoms with E-state index < -0.39 is 16.0 Å². The second-order valence-corrected chi connectivity index (χ2v) is 9.16. The van der Waals surface area contributed by atoms with Crippen molar-refractivity contribution in [1.29, 1.82) is 0 Å². The van der Waals surface area contributed by atoms with Crippen LogP contribution in [0.4, 0.5) is 0 Å². The van der Waals surface area contributed by atoms with Gasteiger partial charge in [-0.05, 0) is 48.9 Å². The number of sulfonamides is 1. The quantitative estimate of drug-likeness (QED) is 0.381. The molecule has 1 aromatic heterocycles. The molecule has 1 aromatic carbocycles. The van der Waals surface area contributed by atoms with Gasteiger partial charge in [0.15, 0.2) is 5.78 Å². The Morgan fingerprint density at radius 1 is 1.11 bits per heavy atom. The van der Waals surface area contributed by atoms with Gasteiger partial charge in [-0.3, -0.25) is 4.79 Å². The summed E-state index contributed by atoms with van der Waals surface area (Å²) in [7, 11) is -3.57. The maximum atomic E-state index is 12.6. The van der Waals surface area contributed by atoms with Crippen LogP contribution >= 0.6 is 11.3 Å². The maximum Gasteiger partial charge on any atom is 0.338 e. The second kappa shape index (κ2) is 8.77. The standard InChI is InChI=1S/C19H21NO5S2/c21-17(18-9-5-13-26-18)8-4-12-25-19(22)15-6-3-7-16(14-15)27(23,24)20-10-1-2-11-20/h3,5-7,9,13-14H,1-2,4,8,10-12H2. The van der Waals surface area contributed by atoms with Gasteiger partial charge in [-0.2, -0.15) is 4.31 Å². The minimum Gasteiger partial charge on any atom is -0.462 e. The van der Waals surface area contributed by atoms with Gasteiger partial charge in [0.1, 0.15) is 0 Å². The van der Waals surface area contributed by atoms with Gasteiger partial charge in [-0.25, -0.2) is 13.2 Å². The molecule has 0 atom stereocenters. The third-order valence-electron chi connectivity index (χ3n) is 4.35. The number of carbonyl (C=O) groups is 2. The fourth-order valence-corrected chi connectivity index (χ4v) is 5.16. The molecule has 144 valence electrons. The highest BCUT2D eigenvalue weighted by Crippen LogP contribution is 2.22. The van der Waals surface area contributed by atoms with Crippen LogP contribution in [0.25, 0.3) is 0 Å². The number of thiophene rings is 1. The lowest BCUT2D eigenvalue weighted by Gasteiger charge is -2.15. The summed E-state index contributed by atoms with van der Waals surface area (Å²) in [5.74, 6) is -0.559. The molecule has 0 saturated carbocycles. The molecule has 2 aromatic rings. The second-order valence-electron chi connectivity index (χ2n) is 6.28. The number of rotatable bonds is 8. The van der Waals surface area contributed by atoms with Crippen molar-refractivity contribution < 1.29 is 22.7 Å². The average Bonchev–Trinajstić information content (AvgIpc) is 3.39. The number of nitrogens with zero attached hydrogens (tertiary/aromatic N) is 1. The number of ketones is 1. The fraction of sp³-hybridized carbons (Fsp3) is 0.368. The Morgan fingerprint density at radius 2 is 1.89 bits per heavy atom. The van der Waals surface area contributed by atoms with Crippen LogP contribution in [0, 0.1) is 0 Å². The van der Waals surface area contributed by atoms with Crippen molar-refractivity contribution in [2.24, 2.45) is 0 Å². The highest BCUT2D eigenvalue weighted by atomic mass is 32.2. The Labute approximate surface area is 162 Å². The van der Waals surface area contributed by atoms with Crippen molar-refractivity contribution in [3.63, 3.8) is 0 Å². The summed E-state index contributed by atoms with van der Waals surface area (Å²) in [6.45, 7) is 1.13. The van der Waals surface area contributed by atoms with Crippen molar-refractivity contribution in [3.05, 3.63) is 52.2 Å². The van der Waals surface area contributed by atoms with E-state index in [4.69, 9.17) is 4.74 Å². The molecule has 0 aliphatic carbocycles. The number of Topliss-reactive ketones (excluding diaryl/α,β-unsaturated/α-hetero) is 1. The number of hydrogen-bond acceptors (Lipinski definition) is 6. The molecule has 1 aliphatic rings. The van der Waals surface area contributed by atoms with Crippen LogP contribution < -0.4 is 0 Å². The van der Waals surface area contributed by atoms with Crippen LogP contribution in [-0.4, -0.2) is 44.2 Å². The van der Waals surface area contributed by atoms with E-state index in [1.807, 2.05) is 11.4 Å². The van der Waals surface area contributed by atoms with Gasteiger partial charge >= 0.3 is 5.97 Å². The zero-order valence-corrected chi connectivity index (χ0v) is 16.4. The largest absolute Gasteiger partial charge is 0.462 e. The Kier molecular flexibility index (Phi) is 6.41. The number of esters is 1. The third kappa shape index (κ3) is 4.82. The van der Waals surface area contributed by atoms with Gasteiger partial charge < -0.3 is 4.74 Å². The summed E-state index contributed by atoms with van der Waals surface area (Å²) in [5.41, 5.74) is 0.194. The van der Waals surface area contributed by atoms with E-state index in [0.717, 1.165) is 12.8 Å². The molecule has 1 fully saturated rings. The molecule has 0 bridgehead atoms. The van der Waals surface area contributed by atoms with Crippen molar-refractivity contribution >= 4 is 33.1 Å². The first-order valence-corrected chi connectivity index (χ1v) is 11.1. The molecule has 0 unspecified atom stereocenters. The monoisotopic (exact) mass is 407 g/mol. The topological polar surface area (TPSA) is 80.8 Å². The number of benzene rings is 1. The number of carbonyl (C=O) groups excluding carboxylic acids is 2. The first-order chi connectivity index (χ1) is 13.0. The molecule has 1 aliphatic heterocycles. The highest BCUT2D eigenvalue weighted by Gasteiger charge is 2.27. The van der Waals surface area contributed by atoms with E-state index in [9.17, 15) is 18.0 Å². The number of ether oxygens (including phenoxy) is 1. The van der Waals surface area contributed by atoms with Gasteiger partial charge in [0.2, 0.25) is 10.0 Å². The molecule has 27 heavy (non-hydrogen) atoms. The Hall–Kier alpha value is -2.03. The Morgan fingerprint density at radius 3 is 2.59 bits per heavy atom. The van der Waals surface area contributed by atoms with E-state index in [-0.39, 0.29) is 22.8 Å². The summed E-state index contributed by atoms with van der Waals surface area (Å²) in [6.07, 6.45) is 2.43. The molecular formula is C19H21NO5S2. The van der Waals surface area contributed by atoms with Crippen molar-refractivity contribution in [2.75, 3.05) is 19.7 Å². The molecule has 0 amide bonds. The first kappa shape index (κ1) is 19.7. The van der Waals surface area contributed by atoms with Crippen LogP contribution in [-0.2, 0) is 14.8 Å². The van der Waals surface area contributed by atoms with E-state index >= 15 is 0 Å². The molecule has 2 heterocycles. The molecule has 8 heteroatoms. The Bertz CT molecular complexity index is 900. The first-order valence-electron chi connectivity index (χ1n) is 8.82. The summed E-state index contributed by atoms with van der Waals surface area (Å²) in [5, 5.41) is 1.84. The smallest absolute Gasteiger partial charge is 0.338 e. The summed E-state index contributed by atoms with van der Waals surface area (Å²) >= 11 is 1.39. The summed E-state index contributed by atoms with van der Waals surface area (Å²) < 4.78 is 31.8. The van der Waals surface area contributed by atoms with Crippen LogP contribution in [0.1, 0.15) is 45.7 Å². The van der Waals surface area contributed by atoms with Gasteiger partial charge in [0.25, 0.3) is 0 Å². The zero-order chi connectivity index (χ0) is 19.3. The zero-order valence-electron chi connectivity index (χ0n) is 14.8. The number of hydrogen-bond donors (Lipinski definition) is 0. The average molecular weight is 408 g/mol. The SMILES string of the molecule is O=C(OCCCC(=O)c1cccs1)c1cccc(S(=O)(=O)N2CCCC2)c1. The molecule has 0 spiro atoms. The third-order valence-corrected chi connectivity index (χ3v) is 7.16. The molecule has 3 rings (SSSR count). The van der Waals surface area contributed by atoms with Gasteiger partial charge in [-0.1, -0.05) is 12.1 Å². The molecule has 0 radical (unpaired) electrons. The fourth-order valence-electron chi connectivity index (χ4n) is 2.90. The van der Waals surface area contributed by atoms with Gasteiger partial charge in [-0.15, -0.1) is 11.3 Å². The van der Waals surface area contributed by atoms with E-state index in [0.29, 0.717) is 30.8 Å². The Balaban J connectivity index is 1.55. The van der Waals surface area contributed by atoms with Crippen LogP contribution in [0.3, 0.4) is 0 Å². The summed E-state index contributed by atoms with van der Waals surface area (Å²) in [4.78, 5) is 24.9. The van der Waals surface area contributed by atoms with Crippen LogP contribution in [0.15, 0.2) is 46.7 Å². The van der Waals surface area contributed by atoms with E-state index in [1.54, 1.807) is 12.1 Å². The molecule has 1 saturated heterocycles. The minimum atomic E-state index is -3.57. The van der Waals surface area contributed by atoms with Crippen molar-refractivity contribution in [3.8, 4) is 0 Å². The lowest BCUT2D eigenvalue weighted by atomic mass is 10.2. The predicted molar refractivity (Wildman–Crippen MR) is 103 cm³/mol. The van der Waals surface area contributed by atoms with E-state index in [1.165, 1.54) is 33.8 Å². The molecule has 6 nitrogen and oxygen atoms in total. The highest BCUT2D eigenvalue weighted by molar-refractivity contribution is 7.89. The van der Waals surface area contributed by atoms with Crippen molar-refractivity contribution in [1.82, 2.24) is 4.31 Å². The molecule has 0 N–H and O–H groups in total. The lowest BCUT2D eigenvalue weighted by Crippen LogP contribution is -2.28. The van der Waals surface area contributed by atoms with Crippen LogP contribution in [0.5, 0.6) is 0 Å². The van der Waals surface area contributed by atoms with E-state index in [2.05, 4.69) is 0 Å². The maximum absolute atomic E-state index is 12.6. The van der Waals surface area contributed by atoms with Crippen molar-refractivity contribution in [2.45, 2.75) is 30.6 Å².